The summed E-state index contributed by atoms with van der Waals surface area (Å²) in [7, 11) is 2.08. The second-order valence-electron chi connectivity index (χ2n) is 6.96. The molecule has 0 aromatic carbocycles. The fraction of sp³-hybridized carbons (Fsp3) is 0.722. The number of ether oxygens (including phenoxy) is 2. The van der Waals surface area contributed by atoms with Crippen LogP contribution in [-0.4, -0.2) is 67.3 Å². The molecule has 3 rings (SSSR count). The van der Waals surface area contributed by atoms with E-state index in [2.05, 4.69) is 11.9 Å². The van der Waals surface area contributed by atoms with Gasteiger partial charge in [-0.05, 0) is 32.0 Å². The topological polar surface area (TPSA) is 55.2 Å². The van der Waals surface area contributed by atoms with Crippen molar-refractivity contribution in [2.45, 2.75) is 44.4 Å². The van der Waals surface area contributed by atoms with Crippen LogP contribution in [0.3, 0.4) is 0 Å². The van der Waals surface area contributed by atoms with E-state index in [9.17, 15) is 4.79 Å². The highest BCUT2D eigenvalue weighted by atomic mass is 16.6. The number of amides is 1. The molecule has 134 valence electrons. The number of hydrogen-bond donors (Lipinski definition) is 0. The molecular weight excluding hydrogens is 308 g/mol. The Morgan fingerprint density at radius 3 is 3.12 bits per heavy atom. The highest BCUT2D eigenvalue weighted by Gasteiger charge is 2.44. The monoisotopic (exact) mass is 336 g/mol. The van der Waals surface area contributed by atoms with Crippen molar-refractivity contribution in [2.24, 2.45) is 0 Å². The summed E-state index contributed by atoms with van der Waals surface area (Å²) in [6, 6.07) is 3.90. The Morgan fingerprint density at radius 1 is 1.50 bits per heavy atom. The molecule has 2 unspecified atom stereocenters. The van der Waals surface area contributed by atoms with Gasteiger partial charge in [-0.25, -0.2) is 0 Å². The first-order valence-corrected chi connectivity index (χ1v) is 8.84. The normalized spacial score (nSPS) is 27.8. The maximum atomic E-state index is 12.1. The summed E-state index contributed by atoms with van der Waals surface area (Å²) in [5.74, 6) is 1.14. The quantitative estimate of drug-likeness (QED) is 0.822. The summed E-state index contributed by atoms with van der Waals surface area (Å²) in [6.45, 7) is 6.03. The molecule has 2 aliphatic heterocycles. The zero-order valence-electron chi connectivity index (χ0n) is 14.7. The van der Waals surface area contributed by atoms with Crippen molar-refractivity contribution >= 4 is 5.91 Å². The van der Waals surface area contributed by atoms with Gasteiger partial charge in [0.05, 0.1) is 38.7 Å². The molecule has 2 atom stereocenters. The van der Waals surface area contributed by atoms with Crippen LogP contribution >= 0.6 is 0 Å². The van der Waals surface area contributed by atoms with Gasteiger partial charge in [0.2, 0.25) is 5.91 Å². The maximum Gasteiger partial charge on any atom is 0.222 e. The first-order valence-electron chi connectivity index (χ1n) is 8.84. The standard InChI is InChI=1S/C18H28N2O4/c1-3-17(21)20-8-10-22-14-18(13-20)7-6-16(24-18)12-19(2)11-15-5-4-9-23-15/h4-5,9,16H,3,6-8,10-14H2,1-2H3. The average Bonchev–Trinajstić information content (AvgIpc) is 3.14. The summed E-state index contributed by atoms with van der Waals surface area (Å²) >= 11 is 0. The number of hydrogen-bond acceptors (Lipinski definition) is 5. The highest BCUT2D eigenvalue weighted by Crippen LogP contribution is 2.33. The Labute approximate surface area is 143 Å². The number of furan rings is 1. The largest absolute Gasteiger partial charge is 0.468 e. The summed E-state index contributed by atoms with van der Waals surface area (Å²) in [5.41, 5.74) is -0.336. The zero-order valence-corrected chi connectivity index (χ0v) is 14.7. The van der Waals surface area contributed by atoms with Crippen molar-refractivity contribution in [3.8, 4) is 0 Å². The Bertz CT molecular complexity index is 533. The van der Waals surface area contributed by atoms with Crippen molar-refractivity contribution in [3.63, 3.8) is 0 Å². The number of carbonyl (C=O) groups is 1. The lowest BCUT2D eigenvalue weighted by atomic mass is 10.00. The minimum atomic E-state index is -0.336. The van der Waals surface area contributed by atoms with Crippen LogP contribution in [0, 0.1) is 0 Å². The van der Waals surface area contributed by atoms with Gasteiger partial charge in [0.1, 0.15) is 11.4 Å². The Morgan fingerprint density at radius 2 is 2.38 bits per heavy atom. The molecule has 3 heterocycles. The van der Waals surface area contributed by atoms with E-state index in [0.29, 0.717) is 32.7 Å². The smallest absolute Gasteiger partial charge is 0.222 e. The lowest BCUT2D eigenvalue weighted by Gasteiger charge is -2.32. The molecule has 24 heavy (non-hydrogen) atoms. The molecule has 0 bridgehead atoms. The third-order valence-electron chi connectivity index (χ3n) is 4.86. The molecule has 6 heteroatoms. The van der Waals surface area contributed by atoms with Crippen LogP contribution in [-0.2, 0) is 20.8 Å². The Hall–Kier alpha value is -1.37. The van der Waals surface area contributed by atoms with Crippen molar-refractivity contribution in [2.75, 3.05) is 39.9 Å². The lowest BCUT2D eigenvalue weighted by molar-refractivity contribution is -0.136. The molecular formula is C18H28N2O4. The van der Waals surface area contributed by atoms with E-state index in [0.717, 1.165) is 31.7 Å². The summed E-state index contributed by atoms with van der Waals surface area (Å²) in [4.78, 5) is 16.2. The van der Waals surface area contributed by atoms with E-state index in [1.165, 1.54) is 0 Å². The van der Waals surface area contributed by atoms with Gasteiger partial charge in [-0.3, -0.25) is 9.69 Å². The summed E-state index contributed by atoms with van der Waals surface area (Å²) in [6.07, 6.45) is 4.35. The molecule has 2 aliphatic rings. The third-order valence-corrected chi connectivity index (χ3v) is 4.86. The second kappa shape index (κ2) is 7.68. The Kier molecular flexibility index (Phi) is 5.58. The molecule has 2 fully saturated rings. The lowest BCUT2D eigenvalue weighted by Crippen LogP contribution is -2.47. The Balaban J connectivity index is 1.55. The minimum absolute atomic E-state index is 0.172. The number of likely N-dealkylation sites (N-methyl/N-ethyl adjacent to an activating group) is 1. The van der Waals surface area contributed by atoms with Crippen LogP contribution in [0.1, 0.15) is 31.9 Å². The van der Waals surface area contributed by atoms with Gasteiger partial charge >= 0.3 is 0 Å². The fourth-order valence-corrected chi connectivity index (χ4v) is 3.67. The van der Waals surface area contributed by atoms with Gasteiger partial charge in [0, 0.05) is 19.5 Å². The van der Waals surface area contributed by atoms with Crippen molar-refractivity contribution in [3.05, 3.63) is 24.2 Å². The van der Waals surface area contributed by atoms with E-state index < -0.39 is 0 Å². The molecule has 6 nitrogen and oxygen atoms in total. The van der Waals surface area contributed by atoms with E-state index in [-0.39, 0.29) is 17.6 Å². The summed E-state index contributed by atoms with van der Waals surface area (Å²) < 4.78 is 17.5. The predicted octanol–water partition coefficient (Wildman–Crippen LogP) is 1.90. The van der Waals surface area contributed by atoms with Crippen LogP contribution < -0.4 is 0 Å². The molecule has 0 radical (unpaired) electrons. The third kappa shape index (κ3) is 4.18. The number of carbonyl (C=O) groups excluding carboxylic acids is 1. The average molecular weight is 336 g/mol. The van der Waals surface area contributed by atoms with Gasteiger partial charge < -0.3 is 18.8 Å². The molecule has 1 amide bonds. The van der Waals surface area contributed by atoms with Crippen molar-refractivity contribution < 1.29 is 18.7 Å². The highest BCUT2D eigenvalue weighted by molar-refractivity contribution is 5.75. The summed E-state index contributed by atoms with van der Waals surface area (Å²) in [5, 5.41) is 0. The zero-order chi connectivity index (χ0) is 17.0. The van der Waals surface area contributed by atoms with Crippen LogP contribution in [0.5, 0.6) is 0 Å². The van der Waals surface area contributed by atoms with Crippen LogP contribution in [0.4, 0.5) is 0 Å². The second-order valence-corrected chi connectivity index (χ2v) is 6.96. The number of rotatable bonds is 5. The molecule has 1 aromatic heterocycles. The molecule has 0 N–H and O–H groups in total. The van der Waals surface area contributed by atoms with E-state index in [1.54, 1.807) is 6.26 Å². The van der Waals surface area contributed by atoms with E-state index >= 15 is 0 Å². The van der Waals surface area contributed by atoms with Gasteiger partial charge in [0.15, 0.2) is 0 Å². The first-order chi connectivity index (χ1) is 11.6. The SMILES string of the molecule is CCC(=O)N1CCOCC2(CCC(CN(C)Cc3ccco3)O2)C1. The van der Waals surface area contributed by atoms with Crippen molar-refractivity contribution in [1.29, 1.82) is 0 Å². The molecule has 1 aromatic rings. The van der Waals surface area contributed by atoms with Crippen LogP contribution in [0.15, 0.2) is 22.8 Å². The van der Waals surface area contributed by atoms with Gasteiger partial charge in [-0.2, -0.15) is 0 Å². The molecule has 1 spiro atoms. The molecule has 2 saturated heterocycles. The van der Waals surface area contributed by atoms with Crippen LogP contribution in [0.2, 0.25) is 0 Å². The molecule has 0 saturated carbocycles. The predicted molar refractivity (Wildman–Crippen MR) is 89.6 cm³/mol. The van der Waals surface area contributed by atoms with Crippen molar-refractivity contribution in [1.82, 2.24) is 9.80 Å². The number of nitrogens with zero attached hydrogens (tertiary/aromatic N) is 2. The van der Waals surface area contributed by atoms with Gasteiger partial charge in [-0.15, -0.1) is 0 Å². The van der Waals surface area contributed by atoms with E-state index in [1.807, 2.05) is 24.0 Å². The van der Waals surface area contributed by atoms with Gasteiger partial charge in [-0.1, -0.05) is 6.92 Å². The van der Waals surface area contributed by atoms with Gasteiger partial charge in [0.25, 0.3) is 0 Å². The fourth-order valence-electron chi connectivity index (χ4n) is 3.67. The van der Waals surface area contributed by atoms with E-state index in [4.69, 9.17) is 13.9 Å². The minimum Gasteiger partial charge on any atom is -0.468 e. The maximum absolute atomic E-state index is 12.1. The molecule has 0 aliphatic carbocycles. The van der Waals surface area contributed by atoms with Crippen LogP contribution in [0.25, 0.3) is 0 Å². The first kappa shape index (κ1) is 17.5.